The van der Waals surface area contributed by atoms with Crippen molar-refractivity contribution in [3.05, 3.63) is 77.4 Å². The van der Waals surface area contributed by atoms with Gasteiger partial charge in [-0.2, -0.15) is 0 Å². The number of benzene rings is 2. The van der Waals surface area contributed by atoms with Crippen molar-refractivity contribution in [3.8, 4) is 5.75 Å². The maximum atomic E-state index is 12.7. The van der Waals surface area contributed by atoms with Gasteiger partial charge in [0.15, 0.2) is 11.6 Å². The number of hydrogen-bond donors (Lipinski definition) is 0. The number of carbonyl (C=O) groups excluding carboxylic acids is 2. The Morgan fingerprint density at radius 3 is 2.23 bits per heavy atom. The number of rotatable bonds is 7. The molecule has 0 fully saturated rings. The summed E-state index contributed by atoms with van der Waals surface area (Å²) < 4.78 is 5.21. The van der Waals surface area contributed by atoms with Crippen LogP contribution < -0.4 is 4.74 Å². The maximum Gasteiger partial charge on any atom is 0.170 e. The molecule has 0 aliphatic heterocycles. The largest absolute Gasteiger partial charge is 0.497 e. The molecule has 0 N–H and O–H groups in total. The van der Waals surface area contributed by atoms with Crippen molar-refractivity contribution in [3.63, 3.8) is 0 Å². The molecule has 136 valence electrons. The molecule has 0 bridgehead atoms. The van der Waals surface area contributed by atoms with Gasteiger partial charge in [0.2, 0.25) is 0 Å². The molecule has 0 spiro atoms. The van der Waals surface area contributed by atoms with Gasteiger partial charge in [-0.05, 0) is 41.2 Å². The summed E-state index contributed by atoms with van der Waals surface area (Å²) in [6.07, 6.45) is 2.14. The lowest BCUT2D eigenvalue weighted by Gasteiger charge is -2.19. The molecular formula is C23H26O3. The molecule has 0 saturated heterocycles. The third-order valence-corrected chi connectivity index (χ3v) is 4.37. The number of ether oxygens (including phenoxy) is 1. The van der Waals surface area contributed by atoms with Crippen molar-refractivity contribution in [2.45, 2.75) is 39.0 Å². The first-order valence-corrected chi connectivity index (χ1v) is 8.71. The van der Waals surface area contributed by atoms with Crippen LogP contribution in [0.15, 0.2) is 55.1 Å². The van der Waals surface area contributed by atoms with E-state index in [1.165, 1.54) is 0 Å². The molecule has 0 aliphatic rings. The second-order valence-electron chi connectivity index (χ2n) is 7.37. The lowest BCUT2D eigenvalue weighted by molar-refractivity contribution is 0.0894. The van der Waals surface area contributed by atoms with Gasteiger partial charge in [0, 0.05) is 11.1 Å². The summed E-state index contributed by atoms with van der Waals surface area (Å²) >= 11 is 0. The quantitative estimate of drug-likeness (QED) is 0.393. The lowest BCUT2D eigenvalue weighted by Crippen LogP contribution is -2.13. The second-order valence-corrected chi connectivity index (χ2v) is 7.37. The molecule has 26 heavy (non-hydrogen) atoms. The monoisotopic (exact) mass is 350 g/mol. The smallest absolute Gasteiger partial charge is 0.170 e. The zero-order valence-electron chi connectivity index (χ0n) is 16.0. The molecule has 2 rings (SSSR count). The summed E-state index contributed by atoms with van der Waals surface area (Å²) in [5.41, 5.74) is 3.11. The first kappa shape index (κ1) is 19.6. The number of ketones is 2. The van der Waals surface area contributed by atoms with Crippen LogP contribution in [0.1, 0.15) is 59.0 Å². The summed E-state index contributed by atoms with van der Waals surface area (Å²) in [7, 11) is 1.58. The van der Waals surface area contributed by atoms with Gasteiger partial charge in [0.05, 0.1) is 13.5 Å². The summed E-state index contributed by atoms with van der Waals surface area (Å²) in [5.74, 6) is 0.327. The highest BCUT2D eigenvalue weighted by molar-refractivity contribution is 6.14. The van der Waals surface area contributed by atoms with E-state index in [2.05, 4.69) is 27.4 Å². The fraction of sp³-hybridized carbons (Fsp3) is 0.304. The van der Waals surface area contributed by atoms with E-state index in [9.17, 15) is 9.59 Å². The van der Waals surface area contributed by atoms with Gasteiger partial charge in [0.1, 0.15) is 5.75 Å². The molecule has 0 atom stereocenters. The van der Waals surface area contributed by atoms with Crippen LogP contribution in [0.5, 0.6) is 5.75 Å². The summed E-state index contributed by atoms with van der Waals surface area (Å²) in [6.45, 7) is 10.1. The Hall–Kier alpha value is -2.68. The van der Waals surface area contributed by atoms with Crippen LogP contribution in [-0.2, 0) is 11.8 Å². The second kappa shape index (κ2) is 8.13. The molecule has 3 heteroatoms. The average molecular weight is 350 g/mol. The molecule has 0 unspecified atom stereocenters. The van der Waals surface area contributed by atoms with Crippen molar-refractivity contribution in [2.75, 3.05) is 7.11 Å². The minimum atomic E-state index is -0.186. The van der Waals surface area contributed by atoms with Crippen molar-refractivity contribution < 1.29 is 14.3 Å². The minimum Gasteiger partial charge on any atom is -0.497 e. The van der Waals surface area contributed by atoms with Crippen molar-refractivity contribution in [1.29, 1.82) is 0 Å². The molecule has 0 saturated carbocycles. The minimum absolute atomic E-state index is 0.0279. The number of Topliss-reactive ketones (excluding diaryl/α,β-unsaturated/α-hetero) is 2. The van der Waals surface area contributed by atoms with Gasteiger partial charge in [-0.3, -0.25) is 9.59 Å². The molecule has 0 heterocycles. The molecule has 3 nitrogen and oxygen atoms in total. The first-order chi connectivity index (χ1) is 12.3. The van der Waals surface area contributed by atoms with Crippen LogP contribution in [0.3, 0.4) is 0 Å². The van der Waals surface area contributed by atoms with Gasteiger partial charge < -0.3 is 4.74 Å². The van der Waals surface area contributed by atoms with Gasteiger partial charge in [-0.25, -0.2) is 0 Å². The first-order valence-electron chi connectivity index (χ1n) is 8.71. The van der Waals surface area contributed by atoms with E-state index in [4.69, 9.17) is 4.74 Å². The van der Waals surface area contributed by atoms with Gasteiger partial charge in [0.25, 0.3) is 0 Å². The average Bonchev–Trinajstić information content (AvgIpc) is 2.61. The van der Waals surface area contributed by atoms with E-state index in [0.717, 1.165) is 11.1 Å². The molecule has 0 amide bonds. The number of hydrogen-bond acceptors (Lipinski definition) is 3. The fourth-order valence-electron chi connectivity index (χ4n) is 2.79. The summed E-state index contributed by atoms with van der Waals surface area (Å²) in [4.78, 5) is 25.2. The molecule has 0 aliphatic carbocycles. The van der Waals surface area contributed by atoms with Crippen LogP contribution in [0.4, 0.5) is 0 Å². The number of carbonyl (C=O) groups is 2. The normalized spacial score (nSPS) is 11.1. The van der Waals surface area contributed by atoms with Crippen LogP contribution in [0.2, 0.25) is 0 Å². The number of methoxy groups -OCH3 is 1. The Labute approximate surface area is 155 Å². The van der Waals surface area contributed by atoms with Crippen molar-refractivity contribution >= 4 is 11.6 Å². The lowest BCUT2D eigenvalue weighted by atomic mass is 9.86. The van der Waals surface area contributed by atoms with Crippen LogP contribution in [0, 0.1) is 0 Å². The molecule has 2 aromatic carbocycles. The highest BCUT2D eigenvalue weighted by Gasteiger charge is 2.18. The Morgan fingerprint density at radius 1 is 1.04 bits per heavy atom. The Morgan fingerprint density at radius 2 is 1.69 bits per heavy atom. The van der Waals surface area contributed by atoms with Crippen molar-refractivity contribution in [2.24, 2.45) is 0 Å². The Kier molecular flexibility index (Phi) is 6.14. The highest BCUT2D eigenvalue weighted by Crippen LogP contribution is 2.23. The molecular weight excluding hydrogens is 324 g/mol. The zero-order chi connectivity index (χ0) is 19.3. The maximum absolute atomic E-state index is 12.7. The van der Waals surface area contributed by atoms with Crippen LogP contribution in [0.25, 0.3) is 0 Å². The van der Waals surface area contributed by atoms with E-state index in [-0.39, 0.29) is 23.4 Å². The van der Waals surface area contributed by atoms with Crippen LogP contribution >= 0.6 is 0 Å². The van der Waals surface area contributed by atoms with E-state index < -0.39 is 0 Å². The van der Waals surface area contributed by atoms with Gasteiger partial charge >= 0.3 is 0 Å². The fourth-order valence-corrected chi connectivity index (χ4v) is 2.79. The third kappa shape index (κ3) is 4.69. The third-order valence-electron chi connectivity index (χ3n) is 4.37. The zero-order valence-corrected chi connectivity index (χ0v) is 16.0. The Bertz CT molecular complexity index is 808. The van der Waals surface area contributed by atoms with Crippen LogP contribution in [-0.4, -0.2) is 18.7 Å². The van der Waals surface area contributed by atoms with E-state index >= 15 is 0 Å². The number of allylic oxidation sites excluding steroid dienone is 1. The highest BCUT2D eigenvalue weighted by atomic mass is 16.5. The predicted octanol–water partition coefficient (Wildman–Crippen LogP) is 5.18. The Balaban J connectivity index is 2.19. The van der Waals surface area contributed by atoms with Crippen molar-refractivity contribution in [1.82, 2.24) is 0 Å². The van der Waals surface area contributed by atoms with E-state index in [0.29, 0.717) is 23.3 Å². The van der Waals surface area contributed by atoms with E-state index in [1.54, 1.807) is 37.5 Å². The predicted molar refractivity (Wildman–Crippen MR) is 105 cm³/mol. The van der Waals surface area contributed by atoms with Gasteiger partial charge in [-0.15, -0.1) is 6.58 Å². The molecule has 0 radical (unpaired) electrons. The van der Waals surface area contributed by atoms with Gasteiger partial charge in [-0.1, -0.05) is 51.1 Å². The SMILES string of the molecule is C=CCc1cc(OC)ccc1C(=O)CC(=O)c1ccc(C(C)(C)C)cc1. The summed E-state index contributed by atoms with van der Waals surface area (Å²) in [6, 6.07) is 12.8. The molecule has 0 aromatic heterocycles. The standard InChI is InChI=1S/C23H26O3/c1-6-7-17-14-19(26-5)12-13-20(17)22(25)15-21(24)16-8-10-18(11-9-16)23(2,3)4/h6,8-14H,1,7,15H2,2-5H3. The van der Waals surface area contributed by atoms with E-state index in [1.807, 2.05) is 18.2 Å². The molecule has 2 aromatic rings. The topological polar surface area (TPSA) is 43.4 Å². The summed E-state index contributed by atoms with van der Waals surface area (Å²) in [5, 5.41) is 0.